The van der Waals surface area contributed by atoms with E-state index in [9.17, 15) is 4.79 Å². The Kier molecular flexibility index (Phi) is 6.11. The lowest BCUT2D eigenvalue weighted by molar-refractivity contribution is -0.130. The molecule has 2 aromatic carbocycles. The second-order valence-electron chi connectivity index (χ2n) is 7.39. The number of hydrogen-bond acceptors (Lipinski definition) is 3. The van der Waals surface area contributed by atoms with Gasteiger partial charge in [-0.15, -0.1) is 0 Å². The predicted molar refractivity (Wildman–Crippen MR) is 115 cm³/mol. The lowest BCUT2D eigenvalue weighted by Crippen LogP contribution is -2.47. The van der Waals surface area contributed by atoms with E-state index in [-0.39, 0.29) is 5.91 Å². The molecule has 5 nitrogen and oxygen atoms in total. The summed E-state index contributed by atoms with van der Waals surface area (Å²) in [5.41, 5.74) is 2.80. The molecule has 0 bridgehead atoms. The van der Waals surface area contributed by atoms with E-state index in [2.05, 4.69) is 38.4 Å². The van der Waals surface area contributed by atoms with E-state index in [1.165, 1.54) is 5.56 Å². The molecule has 0 radical (unpaired) electrons. The minimum atomic E-state index is -0.543. The summed E-state index contributed by atoms with van der Waals surface area (Å²) >= 11 is 3.49. The number of amides is 1. The van der Waals surface area contributed by atoms with Crippen molar-refractivity contribution in [1.82, 2.24) is 14.9 Å². The van der Waals surface area contributed by atoms with Gasteiger partial charge in [0, 0.05) is 43.2 Å². The van der Waals surface area contributed by atoms with Crippen LogP contribution in [-0.2, 0) is 28.0 Å². The number of aromatic nitrogens is 2. The molecule has 0 spiro atoms. The zero-order valence-corrected chi connectivity index (χ0v) is 17.8. The molecule has 1 amide bonds. The number of benzene rings is 2. The van der Waals surface area contributed by atoms with Gasteiger partial charge in [-0.1, -0.05) is 52.3 Å². The topological polar surface area (TPSA) is 56.2 Å². The highest BCUT2D eigenvalue weighted by Crippen LogP contribution is 2.36. The lowest BCUT2D eigenvalue weighted by atomic mass is 9.73. The molecule has 29 heavy (non-hydrogen) atoms. The molecule has 4 rings (SSSR count). The van der Waals surface area contributed by atoms with Crippen LogP contribution in [0, 0.1) is 0 Å². The van der Waals surface area contributed by atoms with Crippen molar-refractivity contribution in [1.29, 1.82) is 0 Å². The maximum absolute atomic E-state index is 13.4. The molecule has 1 N–H and O–H groups in total. The zero-order valence-electron chi connectivity index (χ0n) is 16.2. The van der Waals surface area contributed by atoms with E-state index in [0.717, 1.165) is 22.1 Å². The quantitative estimate of drug-likeness (QED) is 0.612. The monoisotopic (exact) mass is 453 g/mol. The third kappa shape index (κ3) is 4.43. The fourth-order valence-corrected chi connectivity index (χ4v) is 4.21. The van der Waals surface area contributed by atoms with Crippen LogP contribution >= 0.6 is 15.9 Å². The molecule has 0 aliphatic carbocycles. The fourth-order valence-electron chi connectivity index (χ4n) is 3.94. The Morgan fingerprint density at radius 3 is 2.52 bits per heavy atom. The Morgan fingerprint density at radius 1 is 1.10 bits per heavy atom. The van der Waals surface area contributed by atoms with Gasteiger partial charge in [0.15, 0.2) is 0 Å². The van der Waals surface area contributed by atoms with Crippen molar-refractivity contribution in [3.05, 3.63) is 88.4 Å². The lowest BCUT2D eigenvalue weighted by Gasteiger charge is -2.36. The summed E-state index contributed by atoms with van der Waals surface area (Å²) in [6, 6.07) is 16.3. The van der Waals surface area contributed by atoms with Crippen molar-refractivity contribution >= 4 is 21.8 Å². The summed E-state index contributed by atoms with van der Waals surface area (Å²) < 4.78 is 8.60. The molecule has 3 aromatic rings. The van der Waals surface area contributed by atoms with Crippen molar-refractivity contribution < 1.29 is 9.53 Å². The van der Waals surface area contributed by atoms with Gasteiger partial charge in [0.1, 0.15) is 0 Å². The Morgan fingerprint density at radius 2 is 1.83 bits per heavy atom. The van der Waals surface area contributed by atoms with Crippen LogP contribution in [0.5, 0.6) is 0 Å². The van der Waals surface area contributed by atoms with Gasteiger partial charge in [0.25, 0.3) is 0 Å². The highest BCUT2D eigenvalue weighted by molar-refractivity contribution is 9.10. The molecular formula is C23H24BrN3O2. The smallest absolute Gasteiger partial charge is 0.231 e. The first-order chi connectivity index (χ1) is 14.2. The average molecular weight is 454 g/mol. The Balaban J connectivity index is 1.53. The van der Waals surface area contributed by atoms with Gasteiger partial charge in [0.05, 0.1) is 11.7 Å². The van der Waals surface area contributed by atoms with Gasteiger partial charge in [-0.3, -0.25) is 4.79 Å². The van der Waals surface area contributed by atoms with E-state index in [0.29, 0.717) is 32.6 Å². The van der Waals surface area contributed by atoms with E-state index in [4.69, 9.17) is 4.74 Å². The van der Waals surface area contributed by atoms with E-state index >= 15 is 0 Å². The maximum atomic E-state index is 13.4. The van der Waals surface area contributed by atoms with Crippen LogP contribution in [0.3, 0.4) is 0 Å². The molecule has 0 unspecified atom stereocenters. The van der Waals surface area contributed by atoms with Crippen LogP contribution in [0.15, 0.2) is 71.7 Å². The van der Waals surface area contributed by atoms with Gasteiger partial charge in [-0.05, 0) is 41.7 Å². The molecule has 2 heterocycles. The molecule has 1 fully saturated rings. The number of imidazole rings is 1. The first-order valence-corrected chi connectivity index (χ1v) is 10.6. The van der Waals surface area contributed by atoms with Crippen molar-refractivity contribution in [2.75, 3.05) is 13.2 Å². The first-order valence-electron chi connectivity index (χ1n) is 9.82. The minimum Gasteiger partial charge on any atom is -0.381 e. The number of ether oxygens (including phenoxy) is 1. The Bertz CT molecular complexity index is 949. The van der Waals surface area contributed by atoms with Gasteiger partial charge < -0.3 is 14.6 Å². The average Bonchev–Trinajstić information content (AvgIpc) is 3.27. The van der Waals surface area contributed by atoms with Gasteiger partial charge in [0.2, 0.25) is 5.91 Å². The van der Waals surface area contributed by atoms with Gasteiger partial charge >= 0.3 is 0 Å². The van der Waals surface area contributed by atoms with E-state index in [1.54, 1.807) is 12.5 Å². The van der Waals surface area contributed by atoms with Crippen LogP contribution < -0.4 is 5.32 Å². The highest BCUT2D eigenvalue weighted by atomic mass is 79.9. The van der Waals surface area contributed by atoms with E-state index < -0.39 is 5.41 Å². The summed E-state index contributed by atoms with van der Waals surface area (Å²) in [5, 5.41) is 3.21. The summed E-state index contributed by atoms with van der Waals surface area (Å²) in [7, 11) is 0. The van der Waals surface area contributed by atoms with Crippen molar-refractivity contribution in [2.45, 2.75) is 31.3 Å². The molecule has 6 heteroatoms. The summed E-state index contributed by atoms with van der Waals surface area (Å²) in [4.78, 5) is 17.5. The zero-order chi connectivity index (χ0) is 20.1. The number of halogens is 1. The van der Waals surface area contributed by atoms with Gasteiger partial charge in [-0.25, -0.2) is 4.98 Å². The minimum absolute atomic E-state index is 0.0700. The predicted octanol–water partition coefficient (Wildman–Crippen LogP) is 4.06. The second-order valence-corrected chi connectivity index (χ2v) is 8.30. The number of carbonyl (C=O) groups excluding carboxylic acids is 1. The normalized spacial score (nSPS) is 15.8. The fraction of sp³-hybridized carbons (Fsp3) is 0.304. The largest absolute Gasteiger partial charge is 0.381 e. The third-order valence-electron chi connectivity index (χ3n) is 5.65. The molecule has 1 aliphatic rings. The molecule has 1 saturated heterocycles. The summed E-state index contributed by atoms with van der Waals surface area (Å²) in [6.07, 6.45) is 6.91. The molecule has 0 atom stereocenters. The first kappa shape index (κ1) is 19.9. The number of nitrogens with one attached hydrogen (secondary N) is 1. The van der Waals surface area contributed by atoms with Crippen LogP contribution in [0.2, 0.25) is 0 Å². The van der Waals surface area contributed by atoms with Crippen molar-refractivity contribution in [3.63, 3.8) is 0 Å². The van der Waals surface area contributed by atoms with Crippen LogP contribution in [0.1, 0.15) is 29.5 Å². The molecular weight excluding hydrogens is 430 g/mol. The Labute approximate surface area is 179 Å². The highest BCUT2D eigenvalue weighted by Gasteiger charge is 2.41. The van der Waals surface area contributed by atoms with Crippen LogP contribution in [0.25, 0.3) is 0 Å². The molecule has 150 valence electrons. The molecule has 1 aliphatic heterocycles. The Hall–Kier alpha value is -2.44. The number of rotatable bonds is 6. The summed E-state index contributed by atoms with van der Waals surface area (Å²) in [5.74, 6) is 0.0700. The van der Waals surface area contributed by atoms with Crippen molar-refractivity contribution in [3.8, 4) is 0 Å². The second kappa shape index (κ2) is 8.93. The number of carbonyl (C=O) groups is 1. The van der Waals surface area contributed by atoms with Gasteiger partial charge in [-0.2, -0.15) is 0 Å². The number of hydrogen-bond donors (Lipinski definition) is 1. The summed E-state index contributed by atoms with van der Waals surface area (Å²) in [6.45, 7) is 2.43. The van der Waals surface area contributed by atoms with E-state index in [1.807, 2.05) is 47.2 Å². The van der Waals surface area contributed by atoms with Crippen molar-refractivity contribution in [2.24, 2.45) is 0 Å². The van der Waals surface area contributed by atoms with Crippen LogP contribution in [0.4, 0.5) is 0 Å². The molecule has 0 saturated carbocycles. The van der Waals surface area contributed by atoms with Crippen LogP contribution in [-0.4, -0.2) is 28.7 Å². The molecule has 1 aromatic heterocycles. The standard InChI is InChI=1S/C23H24BrN3O2/c24-21-7-5-20(6-8-21)23(9-13-29-14-10-23)22(28)26-15-18-3-1-2-4-19(18)16-27-12-11-25-17-27/h1-8,11-12,17H,9-10,13-16H2,(H,26,28). The SMILES string of the molecule is O=C(NCc1ccccc1Cn1ccnc1)C1(c2ccc(Br)cc2)CCOCC1. The maximum Gasteiger partial charge on any atom is 0.231 e. The third-order valence-corrected chi connectivity index (χ3v) is 6.18. The number of nitrogens with zero attached hydrogens (tertiary/aromatic N) is 2.